The summed E-state index contributed by atoms with van der Waals surface area (Å²) in [6.07, 6.45) is -1.68. The SMILES string of the molecule is O=C(O)C(F)(F)F.O=C(O)c1[nH]nnc1Oc1ccc2cnccc2c1. The van der Waals surface area contributed by atoms with Gasteiger partial charge in [-0.2, -0.15) is 13.2 Å². The van der Waals surface area contributed by atoms with Gasteiger partial charge in [0.1, 0.15) is 5.75 Å². The van der Waals surface area contributed by atoms with Crippen molar-refractivity contribution in [2.75, 3.05) is 0 Å². The van der Waals surface area contributed by atoms with Crippen LogP contribution in [-0.4, -0.2) is 48.7 Å². The molecule has 0 amide bonds. The number of aromatic nitrogens is 4. The molecule has 0 atom stereocenters. The lowest BCUT2D eigenvalue weighted by Gasteiger charge is -2.04. The number of halogens is 3. The molecule has 0 saturated carbocycles. The van der Waals surface area contributed by atoms with Gasteiger partial charge in [-0.15, -0.1) is 0 Å². The van der Waals surface area contributed by atoms with Gasteiger partial charge in [-0.05, 0) is 29.7 Å². The lowest BCUT2D eigenvalue weighted by atomic mass is 10.2. The Kier molecular flexibility index (Phi) is 5.35. The molecule has 0 saturated heterocycles. The van der Waals surface area contributed by atoms with Crippen LogP contribution in [0, 0.1) is 0 Å². The van der Waals surface area contributed by atoms with E-state index in [1.807, 2.05) is 12.1 Å². The smallest absolute Gasteiger partial charge is 0.476 e. The monoisotopic (exact) mass is 370 g/mol. The van der Waals surface area contributed by atoms with E-state index in [1.165, 1.54) is 0 Å². The molecule has 0 bridgehead atoms. The second-order valence-corrected chi connectivity index (χ2v) is 4.59. The number of nitrogens with zero attached hydrogens (tertiary/aromatic N) is 3. The van der Waals surface area contributed by atoms with Gasteiger partial charge in [-0.3, -0.25) is 4.98 Å². The zero-order chi connectivity index (χ0) is 19.3. The lowest BCUT2D eigenvalue weighted by molar-refractivity contribution is -0.192. The number of aromatic amines is 1. The fraction of sp³-hybridized carbons (Fsp3) is 0.0714. The highest BCUT2D eigenvalue weighted by Crippen LogP contribution is 2.25. The maximum Gasteiger partial charge on any atom is 0.490 e. The third-order valence-corrected chi connectivity index (χ3v) is 2.80. The van der Waals surface area contributed by atoms with Gasteiger partial charge >= 0.3 is 18.1 Å². The quantitative estimate of drug-likeness (QED) is 0.639. The number of nitrogens with one attached hydrogen (secondary N) is 1. The van der Waals surface area contributed by atoms with Crippen molar-refractivity contribution >= 4 is 22.7 Å². The second-order valence-electron chi connectivity index (χ2n) is 4.59. The Morgan fingerprint density at radius 3 is 2.42 bits per heavy atom. The Morgan fingerprint density at radius 2 is 1.81 bits per heavy atom. The van der Waals surface area contributed by atoms with E-state index in [0.717, 1.165) is 10.8 Å². The summed E-state index contributed by atoms with van der Waals surface area (Å²) in [7, 11) is 0. The Morgan fingerprint density at radius 1 is 1.12 bits per heavy atom. The third kappa shape index (κ3) is 4.66. The number of aliphatic carboxylic acids is 1. The first-order valence-corrected chi connectivity index (χ1v) is 6.64. The number of alkyl halides is 3. The van der Waals surface area contributed by atoms with Crippen molar-refractivity contribution in [1.29, 1.82) is 0 Å². The van der Waals surface area contributed by atoms with Crippen LogP contribution < -0.4 is 4.74 Å². The summed E-state index contributed by atoms with van der Waals surface area (Å²) in [6.45, 7) is 0. The molecule has 1 aromatic carbocycles. The van der Waals surface area contributed by atoms with Crippen molar-refractivity contribution in [2.45, 2.75) is 6.18 Å². The molecule has 2 heterocycles. The van der Waals surface area contributed by atoms with E-state index in [0.29, 0.717) is 5.75 Å². The van der Waals surface area contributed by atoms with E-state index in [9.17, 15) is 18.0 Å². The molecule has 3 rings (SSSR count). The number of H-pyrrole nitrogens is 1. The minimum Gasteiger partial charge on any atom is -0.476 e. The van der Waals surface area contributed by atoms with Gasteiger partial charge in [0.2, 0.25) is 5.69 Å². The molecule has 2 aromatic heterocycles. The summed E-state index contributed by atoms with van der Waals surface area (Å²) in [5.41, 5.74) is -0.185. The van der Waals surface area contributed by atoms with Crippen molar-refractivity contribution in [1.82, 2.24) is 20.4 Å². The van der Waals surface area contributed by atoms with Gasteiger partial charge in [-0.1, -0.05) is 10.3 Å². The molecule has 0 aliphatic carbocycles. The molecule has 0 fully saturated rings. The maximum atomic E-state index is 10.9. The van der Waals surface area contributed by atoms with Crippen molar-refractivity contribution in [3.05, 3.63) is 42.4 Å². The molecular weight excluding hydrogens is 361 g/mol. The molecule has 0 spiro atoms. The summed E-state index contributed by atoms with van der Waals surface area (Å²) in [5, 5.41) is 27.2. The van der Waals surface area contributed by atoms with Crippen LogP contribution >= 0.6 is 0 Å². The maximum absolute atomic E-state index is 10.9. The van der Waals surface area contributed by atoms with E-state index in [2.05, 4.69) is 20.4 Å². The number of carbonyl (C=O) groups is 2. The van der Waals surface area contributed by atoms with E-state index in [-0.39, 0.29) is 11.6 Å². The Bertz CT molecular complexity index is 941. The van der Waals surface area contributed by atoms with Crippen LogP contribution in [0.15, 0.2) is 36.7 Å². The largest absolute Gasteiger partial charge is 0.490 e. The van der Waals surface area contributed by atoms with Gasteiger partial charge < -0.3 is 14.9 Å². The van der Waals surface area contributed by atoms with E-state index in [4.69, 9.17) is 19.7 Å². The summed E-state index contributed by atoms with van der Waals surface area (Å²) >= 11 is 0. The summed E-state index contributed by atoms with van der Waals surface area (Å²) in [5.74, 6) is -3.52. The van der Waals surface area contributed by atoms with Crippen molar-refractivity contribution in [3.8, 4) is 11.6 Å². The first-order valence-electron chi connectivity index (χ1n) is 6.64. The predicted molar refractivity (Wildman–Crippen MR) is 78.8 cm³/mol. The summed E-state index contributed by atoms with van der Waals surface area (Å²) < 4.78 is 37.1. The number of carboxylic acids is 2. The highest BCUT2D eigenvalue weighted by Gasteiger charge is 2.38. The van der Waals surface area contributed by atoms with E-state index < -0.39 is 18.1 Å². The Balaban J connectivity index is 0.000000298. The fourth-order valence-electron chi connectivity index (χ4n) is 1.67. The molecule has 3 N–H and O–H groups in total. The molecule has 3 aromatic rings. The number of rotatable bonds is 3. The van der Waals surface area contributed by atoms with Gasteiger partial charge in [0.05, 0.1) is 0 Å². The van der Waals surface area contributed by atoms with Gasteiger partial charge in [0, 0.05) is 17.8 Å². The Labute approximate surface area is 142 Å². The molecule has 26 heavy (non-hydrogen) atoms. The van der Waals surface area contributed by atoms with E-state index in [1.54, 1.807) is 24.5 Å². The molecule has 0 unspecified atom stereocenters. The summed E-state index contributed by atoms with van der Waals surface area (Å²) in [4.78, 5) is 23.8. The molecule has 0 radical (unpaired) electrons. The number of ether oxygens (including phenoxy) is 1. The second kappa shape index (κ2) is 7.46. The number of benzene rings is 1. The Hall–Kier alpha value is -3.70. The van der Waals surface area contributed by atoms with Crippen molar-refractivity contribution < 1.29 is 37.7 Å². The van der Waals surface area contributed by atoms with Gasteiger partial charge in [0.15, 0.2) is 0 Å². The number of fused-ring (bicyclic) bond motifs is 1. The van der Waals surface area contributed by atoms with Crippen LogP contribution in [0.3, 0.4) is 0 Å². The topological polar surface area (TPSA) is 138 Å². The average Bonchev–Trinajstić information content (AvgIpc) is 3.03. The number of hydrogen-bond acceptors (Lipinski definition) is 6. The van der Waals surface area contributed by atoms with Crippen molar-refractivity contribution in [2.24, 2.45) is 0 Å². The first kappa shape index (κ1) is 18.6. The first-order chi connectivity index (χ1) is 12.2. The highest BCUT2D eigenvalue weighted by atomic mass is 19.4. The van der Waals surface area contributed by atoms with Crippen molar-refractivity contribution in [3.63, 3.8) is 0 Å². The normalized spacial score (nSPS) is 10.7. The van der Waals surface area contributed by atoms with Crippen LogP contribution in [-0.2, 0) is 4.79 Å². The zero-order valence-electron chi connectivity index (χ0n) is 12.6. The molecule has 136 valence electrons. The number of pyridine rings is 1. The van der Waals surface area contributed by atoms with Crippen LogP contribution in [0.2, 0.25) is 0 Å². The molecule has 0 aliphatic rings. The minimum absolute atomic E-state index is 0.0686. The number of aromatic carboxylic acids is 1. The molecule has 9 nitrogen and oxygen atoms in total. The standard InChI is InChI=1S/C12H8N4O3.C2HF3O2/c17-12(18)10-11(15-16-14-10)19-9-2-1-8-6-13-4-3-7(8)5-9;3-2(4,5)1(6)7/h1-6H,(H,17,18)(H,14,15,16);(H,6,7). The van der Waals surface area contributed by atoms with E-state index >= 15 is 0 Å². The van der Waals surface area contributed by atoms with Gasteiger partial charge in [-0.25, -0.2) is 14.7 Å². The molecule has 0 aliphatic heterocycles. The van der Waals surface area contributed by atoms with Crippen LogP contribution in [0.5, 0.6) is 11.6 Å². The minimum atomic E-state index is -5.08. The predicted octanol–water partition coefficient (Wildman–Crippen LogP) is 2.48. The van der Waals surface area contributed by atoms with Crippen LogP contribution in [0.25, 0.3) is 10.8 Å². The lowest BCUT2D eigenvalue weighted by Crippen LogP contribution is -2.21. The fourth-order valence-corrected chi connectivity index (χ4v) is 1.67. The average molecular weight is 370 g/mol. The van der Waals surface area contributed by atoms with Crippen LogP contribution in [0.1, 0.15) is 10.5 Å². The van der Waals surface area contributed by atoms with Gasteiger partial charge in [0.25, 0.3) is 5.88 Å². The zero-order valence-corrected chi connectivity index (χ0v) is 12.6. The number of hydrogen-bond donors (Lipinski definition) is 3. The van der Waals surface area contributed by atoms with Crippen LogP contribution in [0.4, 0.5) is 13.2 Å². The highest BCUT2D eigenvalue weighted by molar-refractivity contribution is 5.88. The third-order valence-electron chi connectivity index (χ3n) is 2.80. The summed E-state index contributed by atoms with van der Waals surface area (Å²) in [6, 6.07) is 7.16. The number of carboxylic acid groups (broad SMARTS) is 2. The molecular formula is C14H9F3N4O5. The molecule has 12 heteroatoms.